The summed E-state index contributed by atoms with van der Waals surface area (Å²) in [6, 6.07) is 4.89. The van der Waals surface area contributed by atoms with E-state index in [9.17, 15) is 0 Å². The number of pyridine rings is 1. The third-order valence-corrected chi connectivity index (χ3v) is 4.15. The molecule has 0 amide bonds. The number of thioether (sulfide) groups is 1. The van der Waals surface area contributed by atoms with Gasteiger partial charge in [-0.15, -0.1) is 11.8 Å². The highest BCUT2D eigenvalue weighted by atomic mass is 32.2. The molecule has 1 aliphatic rings. The van der Waals surface area contributed by atoms with Crippen LogP contribution in [-0.2, 0) is 0 Å². The molecular weight excluding hydrogens is 180 g/mol. The van der Waals surface area contributed by atoms with Crippen molar-refractivity contribution in [2.45, 2.75) is 18.3 Å². The fourth-order valence-corrected chi connectivity index (χ4v) is 3.04. The lowest BCUT2D eigenvalue weighted by molar-refractivity contribution is 0.282. The Morgan fingerprint density at radius 3 is 2.69 bits per heavy atom. The normalized spacial score (nSPS) is 29.4. The molecule has 0 bridgehead atoms. The monoisotopic (exact) mass is 194 g/mol. The molecule has 1 aromatic heterocycles. The molecule has 0 N–H and O–H groups in total. The summed E-state index contributed by atoms with van der Waals surface area (Å²) >= 11 is 2.01. The van der Waals surface area contributed by atoms with E-state index < -0.39 is 0 Å². The number of aromatic nitrogens is 1. The van der Waals surface area contributed by atoms with Crippen molar-refractivity contribution in [3.63, 3.8) is 0 Å². The predicted molar refractivity (Wildman–Crippen MR) is 56.7 cm³/mol. The quantitative estimate of drug-likeness (QED) is 0.681. The van der Waals surface area contributed by atoms with E-state index in [0.29, 0.717) is 11.4 Å². The molecule has 1 saturated heterocycles. The van der Waals surface area contributed by atoms with Crippen LogP contribution in [0.25, 0.3) is 0 Å². The summed E-state index contributed by atoms with van der Waals surface area (Å²) in [6.45, 7) is 2.27. The molecule has 0 aromatic carbocycles. The Balaban J connectivity index is 2.19. The van der Waals surface area contributed by atoms with Gasteiger partial charge in [0.15, 0.2) is 0 Å². The molecule has 0 radical (unpaired) electrons. The van der Waals surface area contributed by atoms with E-state index in [1.54, 1.807) is 0 Å². The van der Waals surface area contributed by atoms with Gasteiger partial charge in [0.05, 0.1) is 5.37 Å². The van der Waals surface area contributed by atoms with E-state index in [2.05, 4.69) is 36.0 Å². The van der Waals surface area contributed by atoms with Crippen molar-refractivity contribution in [2.75, 3.05) is 12.8 Å². The van der Waals surface area contributed by atoms with Crippen LogP contribution >= 0.6 is 11.8 Å². The fourth-order valence-electron chi connectivity index (χ4n) is 1.56. The zero-order chi connectivity index (χ0) is 9.26. The van der Waals surface area contributed by atoms with Gasteiger partial charge in [-0.2, -0.15) is 0 Å². The molecule has 70 valence electrons. The van der Waals surface area contributed by atoms with Gasteiger partial charge < -0.3 is 0 Å². The Morgan fingerprint density at radius 2 is 2.15 bits per heavy atom. The molecule has 2 heterocycles. The number of hydrogen-bond donors (Lipinski definition) is 0. The van der Waals surface area contributed by atoms with Gasteiger partial charge in [-0.1, -0.05) is 0 Å². The highest BCUT2D eigenvalue weighted by Gasteiger charge is 2.28. The molecule has 0 spiro atoms. The number of hydrogen-bond acceptors (Lipinski definition) is 3. The Hall–Kier alpha value is -0.540. The Morgan fingerprint density at radius 1 is 1.46 bits per heavy atom. The highest BCUT2D eigenvalue weighted by molar-refractivity contribution is 7.99. The maximum atomic E-state index is 4.03. The molecule has 3 heteroatoms. The second-order valence-corrected chi connectivity index (χ2v) is 4.59. The fraction of sp³-hybridized carbons (Fsp3) is 0.500. The molecule has 1 aromatic rings. The van der Waals surface area contributed by atoms with Crippen molar-refractivity contribution in [3.05, 3.63) is 30.1 Å². The third-order valence-electron chi connectivity index (χ3n) is 2.55. The van der Waals surface area contributed by atoms with E-state index in [0.717, 1.165) is 0 Å². The minimum atomic E-state index is 0.526. The maximum absolute atomic E-state index is 4.03. The lowest BCUT2D eigenvalue weighted by atomic mass is 10.2. The van der Waals surface area contributed by atoms with Gasteiger partial charge in [0.25, 0.3) is 0 Å². The second kappa shape index (κ2) is 3.68. The first kappa shape index (κ1) is 9.03. The predicted octanol–water partition coefficient (Wildman–Crippen LogP) is 2.15. The number of nitrogens with zero attached hydrogens (tertiary/aromatic N) is 2. The average molecular weight is 194 g/mol. The van der Waals surface area contributed by atoms with Gasteiger partial charge in [0.1, 0.15) is 0 Å². The van der Waals surface area contributed by atoms with E-state index in [4.69, 9.17) is 0 Å². The summed E-state index contributed by atoms with van der Waals surface area (Å²) in [4.78, 5) is 6.45. The maximum Gasteiger partial charge on any atom is 0.0816 e. The van der Waals surface area contributed by atoms with Gasteiger partial charge in [-0.05, 0) is 31.7 Å². The van der Waals surface area contributed by atoms with Crippen molar-refractivity contribution in [1.82, 2.24) is 9.88 Å². The second-order valence-electron chi connectivity index (χ2n) is 3.48. The Kier molecular flexibility index (Phi) is 2.56. The van der Waals surface area contributed by atoms with Crippen LogP contribution in [0, 0.1) is 0 Å². The summed E-state index contributed by atoms with van der Waals surface area (Å²) in [5.74, 6) is 1.23. The van der Waals surface area contributed by atoms with Crippen LogP contribution in [0.5, 0.6) is 0 Å². The van der Waals surface area contributed by atoms with Crippen molar-refractivity contribution >= 4 is 11.8 Å². The molecule has 2 rings (SSSR count). The van der Waals surface area contributed by atoms with Gasteiger partial charge in [0.2, 0.25) is 0 Å². The third kappa shape index (κ3) is 1.71. The van der Waals surface area contributed by atoms with Crippen LogP contribution in [0.15, 0.2) is 24.5 Å². The minimum Gasteiger partial charge on any atom is -0.287 e. The van der Waals surface area contributed by atoms with Crippen LogP contribution in [0.4, 0.5) is 0 Å². The van der Waals surface area contributed by atoms with Crippen molar-refractivity contribution in [1.29, 1.82) is 0 Å². The van der Waals surface area contributed by atoms with Crippen molar-refractivity contribution < 1.29 is 0 Å². The Bertz CT molecular complexity index is 276. The zero-order valence-corrected chi connectivity index (χ0v) is 8.79. The van der Waals surface area contributed by atoms with E-state index in [1.807, 2.05) is 24.2 Å². The van der Waals surface area contributed by atoms with Crippen molar-refractivity contribution in [2.24, 2.45) is 0 Å². The summed E-state index contributed by atoms with van der Waals surface area (Å²) in [5, 5.41) is 0.526. The van der Waals surface area contributed by atoms with Gasteiger partial charge in [-0.3, -0.25) is 9.88 Å². The molecule has 1 unspecified atom stereocenters. The van der Waals surface area contributed by atoms with Crippen LogP contribution in [0.1, 0.15) is 17.9 Å². The topological polar surface area (TPSA) is 16.1 Å². The van der Waals surface area contributed by atoms with Crippen LogP contribution in [-0.4, -0.2) is 28.7 Å². The molecule has 2 atom stereocenters. The largest absolute Gasteiger partial charge is 0.287 e. The van der Waals surface area contributed by atoms with Gasteiger partial charge in [0, 0.05) is 24.2 Å². The van der Waals surface area contributed by atoms with Crippen LogP contribution in [0.2, 0.25) is 0 Å². The summed E-state index contributed by atoms with van der Waals surface area (Å²) < 4.78 is 0. The zero-order valence-electron chi connectivity index (χ0n) is 7.97. The lowest BCUT2D eigenvalue weighted by Gasteiger charge is -2.22. The van der Waals surface area contributed by atoms with Gasteiger partial charge >= 0.3 is 0 Å². The standard InChI is InChI=1S/C10H14N2S/c1-8-7-13-10(12(8)2)9-3-5-11-6-4-9/h3-6,8,10H,7H2,1-2H3/t8-,10?/m1/s1. The van der Waals surface area contributed by atoms with Crippen molar-refractivity contribution in [3.8, 4) is 0 Å². The molecular formula is C10H14N2S. The SMILES string of the molecule is C[C@@H]1CSC(c2ccncc2)N1C. The highest BCUT2D eigenvalue weighted by Crippen LogP contribution is 2.39. The van der Waals surface area contributed by atoms with Gasteiger partial charge in [-0.25, -0.2) is 0 Å². The van der Waals surface area contributed by atoms with E-state index in [-0.39, 0.29) is 0 Å². The molecule has 1 aliphatic heterocycles. The molecule has 13 heavy (non-hydrogen) atoms. The summed E-state index contributed by atoms with van der Waals surface area (Å²) in [6.07, 6.45) is 3.74. The first-order chi connectivity index (χ1) is 6.29. The molecule has 2 nitrogen and oxygen atoms in total. The first-order valence-electron chi connectivity index (χ1n) is 4.52. The molecule has 0 saturated carbocycles. The average Bonchev–Trinajstić information content (AvgIpc) is 2.49. The summed E-state index contributed by atoms with van der Waals surface area (Å²) in [7, 11) is 2.19. The van der Waals surface area contributed by atoms with E-state index in [1.165, 1.54) is 11.3 Å². The Labute approximate surface area is 83.4 Å². The van der Waals surface area contributed by atoms with Crippen LogP contribution < -0.4 is 0 Å². The summed E-state index contributed by atoms with van der Waals surface area (Å²) in [5.41, 5.74) is 1.37. The lowest BCUT2D eigenvalue weighted by Crippen LogP contribution is -2.25. The smallest absolute Gasteiger partial charge is 0.0816 e. The molecule has 1 fully saturated rings. The molecule has 0 aliphatic carbocycles. The van der Waals surface area contributed by atoms with Crippen LogP contribution in [0.3, 0.4) is 0 Å². The minimum absolute atomic E-state index is 0.526. The number of rotatable bonds is 1. The van der Waals surface area contributed by atoms with E-state index >= 15 is 0 Å². The first-order valence-corrected chi connectivity index (χ1v) is 5.57.